The molecule has 0 atom stereocenters. The number of halogens is 1. The third kappa shape index (κ3) is 2.73. The first kappa shape index (κ1) is 12.3. The van der Waals surface area contributed by atoms with Crippen molar-refractivity contribution in [3.63, 3.8) is 0 Å². The molecule has 2 aromatic rings. The molecule has 18 heavy (non-hydrogen) atoms. The number of carbonyl (C=O) groups is 1. The van der Waals surface area contributed by atoms with Crippen LogP contribution in [0.3, 0.4) is 0 Å². The molecule has 1 amide bonds. The zero-order valence-electron chi connectivity index (χ0n) is 9.22. The van der Waals surface area contributed by atoms with Gasteiger partial charge >= 0.3 is 0 Å². The van der Waals surface area contributed by atoms with E-state index >= 15 is 0 Å². The van der Waals surface area contributed by atoms with Gasteiger partial charge in [-0.3, -0.25) is 15.6 Å². The molecule has 0 aliphatic rings. The maximum absolute atomic E-state index is 12.0. The molecule has 6 nitrogen and oxygen atoms in total. The first-order valence-electron chi connectivity index (χ1n) is 5.04. The lowest BCUT2D eigenvalue weighted by Gasteiger charge is -2.09. The highest BCUT2D eigenvalue weighted by molar-refractivity contribution is 6.31. The fraction of sp³-hybridized carbons (Fsp3) is 0. The third-order valence-corrected chi connectivity index (χ3v) is 2.42. The number of aromatic nitrogens is 2. The molecule has 0 saturated carbocycles. The smallest absolute Gasteiger partial charge is 0.259 e. The first-order chi connectivity index (χ1) is 8.70. The van der Waals surface area contributed by atoms with Crippen molar-refractivity contribution in [1.82, 2.24) is 9.97 Å². The van der Waals surface area contributed by atoms with Crippen LogP contribution in [0.15, 0.2) is 36.8 Å². The molecule has 0 spiro atoms. The van der Waals surface area contributed by atoms with Gasteiger partial charge < -0.3 is 10.7 Å². The van der Waals surface area contributed by atoms with Crippen molar-refractivity contribution in [3.8, 4) is 0 Å². The van der Waals surface area contributed by atoms with E-state index in [4.69, 9.17) is 17.4 Å². The lowest BCUT2D eigenvalue weighted by molar-refractivity contribution is 0.102. The number of nitrogens with zero attached hydrogens (tertiary/aromatic N) is 2. The zero-order chi connectivity index (χ0) is 13.0. The van der Waals surface area contributed by atoms with E-state index in [0.717, 1.165) is 0 Å². The lowest BCUT2D eigenvalue weighted by atomic mass is 10.1. The Hall–Kier alpha value is -2.18. The third-order valence-electron chi connectivity index (χ3n) is 2.19. The number of nitrogens with two attached hydrogens (primary N) is 1. The van der Waals surface area contributed by atoms with E-state index in [1.165, 1.54) is 24.7 Å². The van der Waals surface area contributed by atoms with Crippen molar-refractivity contribution in [1.29, 1.82) is 0 Å². The predicted molar refractivity (Wildman–Crippen MR) is 69.2 cm³/mol. The van der Waals surface area contributed by atoms with Crippen molar-refractivity contribution < 1.29 is 4.79 Å². The molecule has 0 unspecified atom stereocenters. The Balaban J connectivity index is 2.26. The van der Waals surface area contributed by atoms with Gasteiger partial charge in [0, 0.05) is 17.4 Å². The second-order valence-electron chi connectivity index (χ2n) is 3.38. The van der Waals surface area contributed by atoms with Gasteiger partial charge in [-0.15, -0.1) is 0 Å². The Bertz CT molecular complexity index is 561. The topological polar surface area (TPSA) is 92.9 Å². The Kier molecular flexibility index (Phi) is 3.71. The highest BCUT2D eigenvalue weighted by Gasteiger charge is 2.12. The van der Waals surface area contributed by atoms with E-state index in [1.807, 2.05) is 0 Å². The van der Waals surface area contributed by atoms with Crippen LogP contribution in [0, 0.1) is 0 Å². The van der Waals surface area contributed by atoms with Gasteiger partial charge in [-0.2, -0.15) is 0 Å². The summed E-state index contributed by atoms with van der Waals surface area (Å²) in [5, 5.41) is 3.04. The van der Waals surface area contributed by atoms with E-state index in [2.05, 4.69) is 20.7 Å². The standard InChI is InChI=1S/C11H10ClN5O/c12-7-1-2-9(17-13)8(5-7)11(18)16-10-6-14-3-4-15-10/h1-6,17H,13H2,(H,15,16,18). The summed E-state index contributed by atoms with van der Waals surface area (Å²) in [6.07, 6.45) is 4.44. The fourth-order valence-corrected chi connectivity index (χ4v) is 1.55. The SMILES string of the molecule is NNc1ccc(Cl)cc1C(=O)Nc1cnccn1. The van der Waals surface area contributed by atoms with E-state index < -0.39 is 0 Å². The maximum atomic E-state index is 12.0. The molecular weight excluding hydrogens is 254 g/mol. The number of nitrogens with one attached hydrogen (secondary N) is 2. The van der Waals surface area contributed by atoms with Crippen LogP contribution in [0.5, 0.6) is 0 Å². The second-order valence-corrected chi connectivity index (χ2v) is 3.82. The highest BCUT2D eigenvalue weighted by Crippen LogP contribution is 2.20. The minimum absolute atomic E-state index is 0.329. The molecule has 1 heterocycles. The van der Waals surface area contributed by atoms with Crippen LogP contribution in [0.4, 0.5) is 11.5 Å². The summed E-state index contributed by atoms with van der Waals surface area (Å²) in [6, 6.07) is 4.77. The van der Waals surface area contributed by atoms with E-state index in [1.54, 1.807) is 12.1 Å². The minimum atomic E-state index is -0.369. The second kappa shape index (κ2) is 5.44. The summed E-state index contributed by atoms with van der Waals surface area (Å²) in [5.41, 5.74) is 3.24. The lowest BCUT2D eigenvalue weighted by Crippen LogP contribution is -2.17. The largest absolute Gasteiger partial charge is 0.323 e. The average Bonchev–Trinajstić information content (AvgIpc) is 2.40. The minimum Gasteiger partial charge on any atom is -0.323 e. The summed E-state index contributed by atoms with van der Waals surface area (Å²) in [6.45, 7) is 0. The zero-order valence-corrected chi connectivity index (χ0v) is 9.98. The van der Waals surface area contributed by atoms with Gasteiger partial charge in [-0.05, 0) is 18.2 Å². The van der Waals surface area contributed by atoms with Gasteiger partial charge in [-0.25, -0.2) is 4.98 Å². The molecule has 0 aliphatic heterocycles. The number of amides is 1. The normalized spacial score (nSPS) is 9.89. The van der Waals surface area contributed by atoms with Gasteiger partial charge in [0.05, 0.1) is 17.4 Å². The number of carbonyl (C=O) groups excluding carboxylic acids is 1. The van der Waals surface area contributed by atoms with Crippen LogP contribution in [0.25, 0.3) is 0 Å². The van der Waals surface area contributed by atoms with E-state index in [-0.39, 0.29) is 5.91 Å². The number of nitrogen functional groups attached to an aromatic ring is 1. The number of hydrazine groups is 1. The van der Waals surface area contributed by atoms with Gasteiger partial charge in [0.25, 0.3) is 5.91 Å². The van der Waals surface area contributed by atoms with Crippen LogP contribution in [-0.4, -0.2) is 15.9 Å². The number of hydrogen-bond acceptors (Lipinski definition) is 5. The van der Waals surface area contributed by atoms with Gasteiger partial charge in [-0.1, -0.05) is 11.6 Å². The van der Waals surface area contributed by atoms with Crippen molar-refractivity contribution >= 4 is 29.0 Å². The quantitative estimate of drug-likeness (QED) is 0.579. The predicted octanol–water partition coefficient (Wildman–Crippen LogP) is 1.67. The Morgan fingerprint density at radius 1 is 1.33 bits per heavy atom. The number of hydrogen-bond donors (Lipinski definition) is 3. The summed E-state index contributed by atoms with van der Waals surface area (Å²) in [5.74, 6) is 5.31. The molecule has 0 saturated heterocycles. The van der Waals surface area contributed by atoms with Crippen LogP contribution in [0.1, 0.15) is 10.4 Å². The van der Waals surface area contributed by atoms with Crippen molar-refractivity contribution in [2.24, 2.45) is 5.84 Å². The molecule has 2 rings (SSSR count). The molecule has 0 radical (unpaired) electrons. The molecule has 0 aliphatic carbocycles. The van der Waals surface area contributed by atoms with Gasteiger partial charge in [0.15, 0.2) is 5.82 Å². The van der Waals surface area contributed by atoms with Crippen LogP contribution in [-0.2, 0) is 0 Å². The molecule has 0 bridgehead atoms. The summed E-state index contributed by atoms with van der Waals surface area (Å²) >= 11 is 5.84. The summed E-state index contributed by atoms with van der Waals surface area (Å²) < 4.78 is 0. The molecule has 0 fully saturated rings. The Morgan fingerprint density at radius 3 is 2.83 bits per heavy atom. The molecule has 1 aromatic carbocycles. The Labute approximate surface area is 108 Å². The van der Waals surface area contributed by atoms with Crippen LogP contribution in [0.2, 0.25) is 5.02 Å². The molecule has 1 aromatic heterocycles. The summed E-state index contributed by atoms with van der Waals surface area (Å²) in [4.78, 5) is 19.8. The average molecular weight is 264 g/mol. The molecular formula is C11H10ClN5O. The Morgan fingerprint density at radius 2 is 2.17 bits per heavy atom. The van der Waals surface area contributed by atoms with Crippen LogP contribution < -0.4 is 16.6 Å². The number of anilines is 2. The van der Waals surface area contributed by atoms with Crippen molar-refractivity contribution in [2.45, 2.75) is 0 Å². The monoisotopic (exact) mass is 263 g/mol. The molecule has 7 heteroatoms. The number of benzene rings is 1. The highest BCUT2D eigenvalue weighted by atomic mass is 35.5. The van der Waals surface area contributed by atoms with Crippen molar-refractivity contribution in [2.75, 3.05) is 10.7 Å². The van der Waals surface area contributed by atoms with Crippen molar-refractivity contribution in [3.05, 3.63) is 47.4 Å². The number of rotatable bonds is 3. The van der Waals surface area contributed by atoms with E-state index in [9.17, 15) is 4.79 Å². The summed E-state index contributed by atoms with van der Waals surface area (Å²) in [7, 11) is 0. The maximum Gasteiger partial charge on any atom is 0.259 e. The van der Waals surface area contributed by atoms with Gasteiger partial charge in [0.2, 0.25) is 0 Å². The van der Waals surface area contributed by atoms with Crippen LogP contribution >= 0.6 is 11.6 Å². The van der Waals surface area contributed by atoms with E-state index in [0.29, 0.717) is 22.1 Å². The molecule has 92 valence electrons. The first-order valence-corrected chi connectivity index (χ1v) is 5.42. The van der Waals surface area contributed by atoms with Gasteiger partial charge in [0.1, 0.15) is 0 Å². The molecule has 4 N–H and O–H groups in total. The fourth-order valence-electron chi connectivity index (χ4n) is 1.38.